The van der Waals surface area contributed by atoms with Crippen LogP contribution < -0.4 is 9.47 Å². The molecule has 300 valence electrons. The Balaban J connectivity index is 1.25. The van der Waals surface area contributed by atoms with E-state index in [1.54, 1.807) is 0 Å². The van der Waals surface area contributed by atoms with Crippen molar-refractivity contribution in [2.45, 2.75) is 142 Å². The number of ether oxygens (including phenoxy) is 2. The summed E-state index contributed by atoms with van der Waals surface area (Å²) in [5.41, 5.74) is 9.45. The second-order valence-electron chi connectivity index (χ2n) is 15.6. The molecule has 0 spiro atoms. The van der Waals surface area contributed by atoms with Crippen molar-refractivity contribution in [1.82, 2.24) is 0 Å². The molecule has 0 aromatic heterocycles. The smallest absolute Gasteiger partial charge is 0.119 e. The van der Waals surface area contributed by atoms with Gasteiger partial charge in [-0.05, 0) is 106 Å². The molecule has 1 aliphatic rings. The van der Waals surface area contributed by atoms with Crippen LogP contribution >= 0.6 is 23.2 Å². The van der Waals surface area contributed by atoms with Gasteiger partial charge in [0.1, 0.15) is 11.5 Å². The highest BCUT2D eigenvalue weighted by molar-refractivity contribution is 6.43. The van der Waals surface area contributed by atoms with Gasteiger partial charge in [0.05, 0.1) is 13.2 Å². The quantitative estimate of drug-likeness (QED) is 0.0533. The van der Waals surface area contributed by atoms with Gasteiger partial charge in [0.2, 0.25) is 0 Å². The van der Waals surface area contributed by atoms with E-state index in [4.69, 9.17) is 32.7 Å². The van der Waals surface area contributed by atoms with Gasteiger partial charge in [0, 0.05) is 10.0 Å². The summed E-state index contributed by atoms with van der Waals surface area (Å²) in [4.78, 5) is 0. The Kier molecular flexibility index (Phi) is 19.5. The van der Waals surface area contributed by atoms with Gasteiger partial charge >= 0.3 is 0 Å². The zero-order valence-corrected chi connectivity index (χ0v) is 35.9. The van der Waals surface area contributed by atoms with E-state index < -0.39 is 0 Å². The molecule has 0 bridgehead atoms. The molecule has 4 aromatic rings. The molecule has 0 radical (unpaired) electrons. The molecule has 0 amide bonds. The van der Waals surface area contributed by atoms with Gasteiger partial charge in [-0.1, -0.05) is 201 Å². The van der Waals surface area contributed by atoms with Crippen LogP contribution in [0.5, 0.6) is 11.5 Å². The largest absolute Gasteiger partial charge is 0.494 e. The van der Waals surface area contributed by atoms with Crippen molar-refractivity contribution in [3.05, 3.63) is 129 Å². The van der Waals surface area contributed by atoms with Crippen LogP contribution in [0.25, 0.3) is 22.3 Å². The fourth-order valence-electron chi connectivity index (χ4n) is 7.82. The number of rotatable bonds is 28. The number of allylic oxidation sites excluding steroid dienone is 4. The average molecular weight is 794 g/mol. The maximum absolute atomic E-state index is 6.39. The Labute approximate surface area is 349 Å². The minimum atomic E-state index is 0.727. The first kappa shape index (κ1) is 43.7. The van der Waals surface area contributed by atoms with Crippen LogP contribution in [0.15, 0.2) is 97.1 Å². The van der Waals surface area contributed by atoms with Gasteiger partial charge < -0.3 is 9.47 Å². The lowest BCUT2D eigenvalue weighted by molar-refractivity contribution is 0.304. The van der Waals surface area contributed by atoms with Gasteiger partial charge in [-0.15, -0.1) is 0 Å². The molecule has 4 aromatic carbocycles. The van der Waals surface area contributed by atoms with Gasteiger partial charge in [-0.3, -0.25) is 0 Å². The lowest BCUT2D eigenvalue weighted by atomic mass is 9.69. The van der Waals surface area contributed by atoms with Gasteiger partial charge in [-0.2, -0.15) is 0 Å². The van der Waals surface area contributed by atoms with Gasteiger partial charge in [-0.25, -0.2) is 0 Å². The Bertz CT molecular complexity index is 1620. The van der Waals surface area contributed by atoms with Crippen molar-refractivity contribution in [3.8, 4) is 11.5 Å². The third-order valence-electron chi connectivity index (χ3n) is 11.1. The van der Waals surface area contributed by atoms with Crippen LogP contribution in [0.4, 0.5) is 0 Å². The number of hydrogen-bond acceptors (Lipinski definition) is 2. The molecule has 4 heteroatoms. The standard InChI is InChI=1S/C52H66Cl2O2/c1-3-5-7-9-11-13-15-17-19-21-39-55-47-35-27-43(28-36-47)51-49(41-23-31-45(53)32-24-41)50(42-25-33-46(54)34-26-42)52(51)44-29-37-48(38-30-44)56-40-22-20-18-16-14-12-10-8-6-4-2/h23-38H,3-22,39-40H2,1-2H3. The Morgan fingerprint density at radius 1 is 0.304 bits per heavy atom. The zero-order valence-electron chi connectivity index (χ0n) is 34.4. The monoisotopic (exact) mass is 792 g/mol. The molecule has 0 atom stereocenters. The molecule has 0 saturated heterocycles. The molecule has 0 heterocycles. The first-order valence-electron chi connectivity index (χ1n) is 22.1. The van der Waals surface area contributed by atoms with Crippen LogP contribution in [-0.2, 0) is 0 Å². The van der Waals surface area contributed by atoms with E-state index in [1.807, 2.05) is 24.3 Å². The van der Waals surface area contributed by atoms with Crippen molar-refractivity contribution >= 4 is 45.5 Å². The number of unbranched alkanes of at least 4 members (excludes halogenated alkanes) is 18. The average Bonchev–Trinajstić information content (AvgIpc) is 3.21. The fraction of sp³-hybridized carbons (Fsp3) is 0.462. The summed E-state index contributed by atoms with van der Waals surface area (Å²) in [7, 11) is 0. The summed E-state index contributed by atoms with van der Waals surface area (Å²) in [6.45, 7) is 6.08. The van der Waals surface area contributed by atoms with Crippen molar-refractivity contribution in [3.63, 3.8) is 0 Å². The molecule has 0 unspecified atom stereocenters. The van der Waals surface area contributed by atoms with Crippen LogP contribution in [0.3, 0.4) is 0 Å². The molecule has 0 saturated carbocycles. The molecule has 0 N–H and O–H groups in total. The SMILES string of the molecule is CCCCCCCCCCCCOc1ccc(C2=C(c3ccc(OCCCCCCCCCCCC)cc3)C(c3ccc(Cl)cc3)=C2c2ccc(Cl)cc2)cc1. The normalized spacial score (nSPS) is 12.6. The summed E-state index contributed by atoms with van der Waals surface area (Å²) in [6, 6.07) is 33.7. The highest BCUT2D eigenvalue weighted by Crippen LogP contribution is 2.56. The number of halogens is 2. The molecular weight excluding hydrogens is 727 g/mol. The van der Waals surface area contributed by atoms with E-state index >= 15 is 0 Å². The summed E-state index contributed by atoms with van der Waals surface area (Å²) in [6.07, 6.45) is 26.4. The summed E-state index contributed by atoms with van der Waals surface area (Å²) in [5.74, 6) is 1.84. The van der Waals surface area contributed by atoms with Crippen molar-refractivity contribution in [2.24, 2.45) is 0 Å². The molecule has 56 heavy (non-hydrogen) atoms. The Morgan fingerprint density at radius 3 is 0.804 bits per heavy atom. The number of benzene rings is 4. The molecule has 0 aliphatic heterocycles. The predicted molar refractivity (Wildman–Crippen MR) is 244 cm³/mol. The Morgan fingerprint density at radius 2 is 0.536 bits per heavy atom. The maximum atomic E-state index is 6.39. The summed E-state index contributed by atoms with van der Waals surface area (Å²) < 4.78 is 12.5. The van der Waals surface area contributed by atoms with Crippen LogP contribution in [-0.4, -0.2) is 13.2 Å². The molecule has 1 aliphatic carbocycles. The highest BCUT2D eigenvalue weighted by atomic mass is 35.5. The molecular formula is C52H66Cl2O2. The lowest BCUT2D eigenvalue weighted by Crippen LogP contribution is -2.10. The second kappa shape index (κ2) is 25.0. The van der Waals surface area contributed by atoms with Crippen molar-refractivity contribution in [2.75, 3.05) is 13.2 Å². The van der Waals surface area contributed by atoms with Crippen molar-refractivity contribution < 1.29 is 9.47 Å². The van der Waals surface area contributed by atoms with E-state index in [-0.39, 0.29) is 0 Å². The summed E-state index contributed by atoms with van der Waals surface area (Å²) in [5, 5.41) is 1.45. The van der Waals surface area contributed by atoms with E-state index in [0.29, 0.717) is 0 Å². The van der Waals surface area contributed by atoms with Crippen LogP contribution in [0, 0.1) is 0 Å². The fourth-order valence-corrected chi connectivity index (χ4v) is 8.07. The Hall–Kier alpha value is -3.46. The first-order chi connectivity index (χ1) is 27.6. The van der Waals surface area contributed by atoms with Crippen LogP contribution in [0.1, 0.15) is 165 Å². The van der Waals surface area contributed by atoms with E-state index in [2.05, 4.69) is 86.6 Å². The predicted octanol–water partition coefficient (Wildman–Crippen LogP) is 17.1. The molecule has 0 fully saturated rings. The van der Waals surface area contributed by atoms with E-state index in [9.17, 15) is 0 Å². The minimum Gasteiger partial charge on any atom is -0.494 e. The third kappa shape index (κ3) is 13.9. The zero-order chi connectivity index (χ0) is 39.2. The number of hydrogen-bond donors (Lipinski definition) is 0. The van der Waals surface area contributed by atoms with Crippen LogP contribution in [0.2, 0.25) is 10.0 Å². The molecule has 5 rings (SSSR count). The van der Waals surface area contributed by atoms with Crippen molar-refractivity contribution in [1.29, 1.82) is 0 Å². The summed E-state index contributed by atoms with van der Waals surface area (Å²) >= 11 is 12.8. The minimum absolute atomic E-state index is 0.727. The van der Waals surface area contributed by atoms with E-state index in [1.165, 1.54) is 138 Å². The van der Waals surface area contributed by atoms with Gasteiger partial charge in [0.25, 0.3) is 0 Å². The van der Waals surface area contributed by atoms with Gasteiger partial charge in [0.15, 0.2) is 0 Å². The van der Waals surface area contributed by atoms with E-state index in [0.717, 1.165) is 69.9 Å². The first-order valence-corrected chi connectivity index (χ1v) is 22.8. The topological polar surface area (TPSA) is 18.5 Å². The third-order valence-corrected chi connectivity index (χ3v) is 11.6. The second-order valence-corrected chi connectivity index (χ2v) is 16.5. The lowest BCUT2D eigenvalue weighted by Gasteiger charge is -2.33. The molecule has 2 nitrogen and oxygen atoms in total. The maximum Gasteiger partial charge on any atom is 0.119 e. The highest BCUT2D eigenvalue weighted by Gasteiger charge is 2.33.